The van der Waals surface area contributed by atoms with Gasteiger partial charge in [-0.15, -0.1) is 0 Å². The first kappa shape index (κ1) is 44.6. The molecule has 1 aromatic carbocycles. The number of aryl methyl sites for hydroxylation is 1. The molecule has 15 heteroatoms. The van der Waals surface area contributed by atoms with Crippen LogP contribution < -0.4 is 10.6 Å². The smallest absolute Gasteiger partial charge is 0.394 e. The third kappa shape index (κ3) is 17.8. The molecule has 5 atom stereocenters. The molecule has 0 bridgehead atoms. The second kappa shape index (κ2) is 23.2. The van der Waals surface area contributed by atoms with Crippen LogP contribution in [0.4, 0.5) is 0 Å². The van der Waals surface area contributed by atoms with E-state index in [1.807, 2.05) is 32.0 Å². The fraction of sp³-hybridized carbons (Fsp3) is 0.622. The molecule has 2 rings (SSSR count). The van der Waals surface area contributed by atoms with Crippen LogP contribution in [-0.2, 0) is 45.9 Å². The molecule has 0 saturated heterocycles. The predicted octanol–water partition coefficient (Wildman–Crippen LogP) is 4.17. The lowest BCUT2D eigenvalue weighted by Gasteiger charge is -2.25. The molecule has 0 aliphatic heterocycles. The molecule has 0 fully saturated rings. The number of rotatable bonds is 27. The Morgan fingerprint density at radius 3 is 2.10 bits per heavy atom. The second-order valence-electron chi connectivity index (χ2n) is 13.9. The number of aromatic nitrogens is 2. The fourth-order valence-electron chi connectivity index (χ4n) is 6.09. The van der Waals surface area contributed by atoms with E-state index in [2.05, 4.69) is 37.3 Å². The van der Waals surface area contributed by atoms with Crippen molar-refractivity contribution in [2.75, 3.05) is 6.61 Å². The molecule has 14 nitrogen and oxygen atoms in total. The number of amides is 2. The van der Waals surface area contributed by atoms with Crippen LogP contribution >= 0.6 is 7.82 Å². The summed E-state index contributed by atoms with van der Waals surface area (Å²) in [4.78, 5) is 90.7. The molecule has 1 aromatic heterocycles. The van der Waals surface area contributed by atoms with Gasteiger partial charge in [-0.3, -0.25) is 28.5 Å². The Kier molecular flexibility index (Phi) is 19.9. The van der Waals surface area contributed by atoms with Gasteiger partial charge < -0.3 is 30.5 Å². The zero-order valence-electron chi connectivity index (χ0n) is 30.8. The Labute approximate surface area is 306 Å². The molecule has 290 valence electrons. The van der Waals surface area contributed by atoms with Gasteiger partial charge in [-0.05, 0) is 51.0 Å². The number of benzene rings is 1. The van der Waals surface area contributed by atoms with Crippen molar-refractivity contribution in [2.24, 2.45) is 17.8 Å². The molecule has 6 N–H and O–H groups in total. The molecule has 52 heavy (non-hydrogen) atoms. The normalized spacial score (nSPS) is 14.6. The summed E-state index contributed by atoms with van der Waals surface area (Å²) >= 11 is 0. The highest BCUT2D eigenvalue weighted by Crippen LogP contribution is 2.39. The standard InChI is InChI=1S/C37H57N4O10P/c1-25(2)18-32(40-36(46)17-13-8-6-5-7-10-14-28-15-11-9-12-16-28)34(44)20-29(19-30-22-38-24-39-30)37(47)41-33(23-42)35(45)21-31(26(3)43)27(4)51-52(48,49)50/h9,11-12,15-16,22,24-25,27,29,31-33,42H,5-8,10,13-14,17-21,23H2,1-4H3,(H,38,39)(H,40,46)(H,41,47)(H2,48,49,50)/t27-,29-,31-,32+,33+/m1/s1. The third-order valence-corrected chi connectivity index (χ3v) is 9.54. The first-order chi connectivity index (χ1) is 24.6. The minimum Gasteiger partial charge on any atom is -0.394 e. The number of hydrogen-bond acceptors (Lipinski definition) is 9. The Bertz CT molecular complexity index is 1450. The average Bonchev–Trinajstić information content (AvgIpc) is 3.59. The minimum atomic E-state index is -4.96. The van der Waals surface area contributed by atoms with Gasteiger partial charge in [0.15, 0.2) is 11.6 Å². The summed E-state index contributed by atoms with van der Waals surface area (Å²) in [6, 6.07) is 8.08. The summed E-state index contributed by atoms with van der Waals surface area (Å²) in [6.07, 6.45) is 8.45. The molecule has 0 aliphatic carbocycles. The summed E-state index contributed by atoms with van der Waals surface area (Å²) in [7, 11) is -4.96. The number of hydrogen-bond donors (Lipinski definition) is 6. The number of H-pyrrole nitrogens is 1. The monoisotopic (exact) mass is 748 g/mol. The highest BCUT2D eigenvalue weighted by molar-refractivity contribution is 7.46. The lowest BCUT2D eigenvalue weighted by atomic mass is 9.89. The van der Waals surface area contributed by atoms with Crippen molar-refractivity contribution in [1.82, 2.24) is 20.6 Å². The van der Waals surface area contributed by atoms with E-state index in [0.717, 1.165) is 45.4 Å². The first-order valence-corrected chi connectivity index (χ1v) is 19.6. The fourth-order valence-corrected chi connectivity index (χ4v) is 6.67. The van der Waals surface area contributed by atoms with Gasteiger partial charge in [-0.1, -0.05) is 69.9 Å². The maximum absolute atomic E-state index is 13.7. The van der Waals surface area contributed by atoms with Crippen LogP contribution in [0, 0.1) is 17.8 Å². The summed E-state index contributed by atoms with van der Waals surface area (Å²) in [5.74, 6) is -4.84. The van der Waals surface area contributed by atoms with Crippen LogP contribution in [0.15, 0.2) is 42.9 Å². The Morgan fingerprint density at radius 2 is 1.52 bits per heavy atom. The van der Waals surface area contributed by atoms with Gasteiger partial charge in [-0.25, -0.2) is 9.55 Å². The van der Waals surface area contributed by atoms with E-state index in [1.54, 1.807) is 0 Å². The molecular formula is C37H57N4O10P. The quantitative estimate of drug-likeness (QED) is 0.0562. The van der Waals surface area contributed by atoms with Crippen LogP contribution in [0.25, 0.3) is 0 Å². The number of nitrogens with one attached hydrogen (secondary N) is 3. The highest BCUT2D eigenvalue weighted by atomic mass is 31.2. The number of imidazole rings is 1. The molecule has 1 heterocycles. The first-order valence-electron chi connectivity index (χ1n) is 18.1. The largest absolute Gasteiger partial charge is 0.469 e. The lowest BCUT2D eigenvalue weighted by molar-refractivity contribution is -0.135. The van der Waals surface area contributed by atoms with Crippen molar-refractivity contribution in [3.63, 3.8) is 0 Å². The predicted molar refractivity (Wildman–Crippen MR) is 195 cm³/mol. The van der Waals surface area contributed by atoms with Crippen molar-refractivity contribution < 1.29 is 48.0 Å². The van der Waals surface area contributed by atoms with Crippen molar-refractivity contribution in [3.8, 4) is 0 Å². The molecule has 0 aliphatic rings. The van der Waals surface area contributed by atoms with Gasteiger partial charge >= 0.3 is 7.82 Å². The number of aliphatic hydroxyl groups is 1. The zero-order chi connectivity index (χ0) is 38.7. The molecule has 2 amide bonds. The number of nitrogens with zero attached hydrogens (tertiary/aromatic N) is 1. The number of unbranched alkanes of at least 4 members (excludes halogenated alkanes) is 5. The number of carbonyl (C=O) groups excluding carboxylic acids is 5. The van der Waals surface area contributed by atoms with Crippen LogP contribution in [0.3, 0.4) is 0 Å². The van der Waals surface area contributed by atoms with Crippen LogP contribution in [-0.4, -0.2) is 78.8 Å². The maximum atomic E-state index is 13.7. The summed E-state index contributed by atoms with van der Waals surface area (Å²) in [5.41, 5.74) is 1.88. The van der Waals surface area contributed by atoms with E-state index in [-0.39, 0.29) is 36.9 Å². The summed E-state index contributed by atoms with van der Waals surface area (Å²) in [6.45, 7) is 5.40. The molecule has 0 saturated carbocycles. The molecule has 2 aromatic rings. The zero-order valence-corrected chi connectivity index (χ0v) is 31.7. The van der Waals surface area contributed by atoms with Gasteiger partial charge in [0, 0.05) is 37.6 Å². The van der Waals surface area contributed by atoms with E-state index in [0.29, 0.717) is 18.5 Å². The van der Waals surface area contributed by atoms with E-state index in [4.69, 9.17) is 9.79 Å². The molecule has 0 spiro atoms. The van der Waals surface area contributed by atoms with E-state index in [1.165, 1.54) is 25.0 Å². The van der Waals surface area contributed by atoms with Crippen molar-refractivity contribution in [1.29, 1.82) is 0 Å². The Morgan fingerprint density at radius 1 is 0.885 bits per heavy atom. The number of carbonyl (C=O) groups is 5. The van der Waals surface area contributed by atoms with Crippen LogP contribution in [0.5, 0.6) is 0 Å². The van der Waals surface area contributed by atoms with Crippen LogP contribution in [0.1, 0.15) is 103 Å². The lowest BCUT2D eigenvalue weighted by Crippen LogP contribution is -2.49. The number of ketones is 3. The molecule has 0 radical (unpaired) electrons. The molecule has 0 unspecified atom stereocenters. The van der Waals surface area contributed by atoms with Crippen molar-refractivity contribution in [3.05, 3.63) is 54.1 Å². The van der Waals surface area contributed by atoms with Gasteiger partial charge in [-0.2, -0.15) is 0 Å². The van der Waals surface area contributed by atoms with E-state index >= 15 is 0 Å². The average molecular weight is 749 g/mol. The Balaban J connectivity index is 2.00. The number of aliphatic hydroxyl groups excluding tert-OH is 1. The SMILES string of the molecule is CC(=O)[C@@H](CC(=O)[C@H](CO)NC(=O)[C@@H](CC(=O)[C@H](CC(C)C)NC(=O)CCCCCCCCc1ccccc1)Cc1cnc[nH]1)[C@@H](C)OP(=O)(O)O. The van der Waals surface area contributed by atoms with Crippen LogP contribution in [0.2, 0.25) is 0 Å². The topological polar surface area (TPSA) is 225 Å². The summed E-state index contributed by atoms with van der Waals surface area (Å²) in [5, 5.41) is 15.4. The van der Waals surface area contributed by atoms with Gasteiger partial charge in [0.1, 0.15) is 11.8 Å². The number of aromatic amines is 1. The van der Waals surface area contributed by atoms with E-state index < -0.39 is 68.3 Å². The minimum absolute atomic E-state index is 0.0425. The highest BCUT2D eigenvalue weighted by Gasteiger charge is 2.35. The third-order valence-electron chi connectivity index (χ3n) is 8.93. The van der Waals surface area contributed by atoms with Gasteiger partial charge in [0.2, 0.25) is 11.8 Å². The van der Waals surface area contributed by atoms with Gasteiger partial charge in [0.25, 0.3) is 0 Å². The Hall–Kier alpha value is -3.55. The summed E-state index contributed by atoms with van der Waals surface area (Å²) < 4.78 is 15.9. The molecular weight excluding hydrogens is 691 g/mol. The van der Waals surface area contributed by atoms with Crippen molar-refractivity contribution >= 4 is 37.0 Å². The number of phosphoric acid groups is 1. The number of phosphoric ester groups is 1. The number of Topliss-reactive ketones (excluding diaryl/α,β-unsaturated/α-hetero) is 3. The van der Waals surface area contributed by atoms with Gasteiger partial charge in [0.05, 0.1) is 36.9 Å². The maximum Gasteiger partial charge on any atom is 0.469 e. The second-order valence-corrected chi connectivity index (χ2v) is 15.1. The van der Waals surface area contributed by atoms with E-state index in [9.17, 15) is 33.6 Å². The van der Waals surface area contributed by atoms with Crippen molar-refractivity contribution in [2.45, 2.75) is 123 Å².